The fourth-order valence-corrected chi connectivity index (χ4v) is 6.60. The Labute approximate surface area is 149 Å². The minimum atomic E-state index is -1.40. The summed E-state index contributed by atoms with van der Waals surface area (Å²) in [6.07, 6.45) is 10.7. The normalized spacial score (nSPS) is 48.4. The Morgan fingerprint density at radius 1 is 1.20 bits per heavy atom. The van der Waals surface area contributed by atoms with Crippen LogP contribution < -0.4 is 0 Å². The first kappa shape index (κ1) is 17.2. The highest BCUT2D eigenvalue weighted by atomic mass is 16.3. The first-order chi connectivity index (χ1) is 11.8. The van der Waals surface area contributed by atoms with E-state index in [1.807, 2.05) is 13.0 Å². The van der Waals surface area contributed by atoms with Crippen LogP contribution in [0.3, 0.4) is 0 Å². The molecule has 4 nitrogen and oxygen atoms in total. The van der Waals surface area contributed by atoms with E-state index in [1.165, 1.54) is 0 Å². The van der Waals surface area contributed by atoms with Gasteiger partial charge >= 0.3 is 0 Å². The van der Waals surface area contributed by atoms with E-state index in [0.717, 1.165) is 31.3 Å². The molecule has 4 aliphatic carbocycles. The lowest BCUT2D eigenvalue weighted by Crippen LogP contribution is -2.57. The predicted octanol–water partition coefficient (Wildman–Crippen LogP) is 2.59. The van der Waals surface area contributed by atoms with Crippen molar-refractivity contribution in [3.63, 3.8) is 0 Å². The molecule has 0 spiro atoms. The molecule has 4 aliphatic rings. The molecule has 0 bridgehead atoms. The molecule has 4 rings (SSSR count). The first-order valence-corrected chi connectivity index (χ1v) is 9.56. The van der Waals surface area contributed by atoms with E-state index in [4.69, 9.17) is 0 Å². The van der Waals surface area contributed by atoms with Crippen molar-refractivity contribution in [1.29, 1.82) is 0 Å². The standard InChI is InChI=1S/C21H28O4/c1-19-8-5-14(23)11-13(19)3-4-15-16(19)6-9-20(2)17(15)7-10-21(20,25)18(24)12-22/h3-4,11,15-17,22,25H,5-10,12H2,1-2H3/t15-,16+,17+,19+,20+,21+/m1/s1. The number of ketones is 2. The molecular weight excluding hydrogens is 316 g/mol. The lowest BCUT2D eigenvalue weighted by molar-refractivity contribution is -0.161. The van der Waals surface area contributed by atoms with Crippen LogP contribution in [0.1, 0.15) is 52.4 Å². The summed E-state index contributed by atoms with van der Waals surface area (Å²) in [5.74, 6) is 0.834. The molecule has 0 unspecified atom stereocenters. The zero-order valence-electron chi connectivity index (χ0n) is 15.1. The monoisotopic (exact) mass is 344 g/mol. The zero-order valence-corrected chi connectivity index (χ0v) is 15.1. The minimum Gasteiger partial charge on any atom is -0.388 e. The van der Waals surface area contributed by atoms with Crippen LogP contribution in [0.2, 0.25) is 0 Å². The third-order valence-corrected chi connectivity index (χ3v) is 8.27. The number of carbonyl (C=O) groups is 2. The van der Waals surface area contributed by atoms with Gasteiger partial charge in [-0.25, -0.2) is 0 Å². The second-order valence-corrected chi connectivity index (χ2v) is 9.07. The molecule has 2 fully saturated rings. The number of aliphatic hydroxyl groups excluding tert-OH is 1. The van der Waals surface area contributed by atoms with Crippen molar-refractivity contribution in [3.05, 3.63) is 23.8 Å². The highest BCUT2D eigenvalue weighted by Crippen LogP contribution is 2.66. The average molecular weight is 344 g/mol. The quantitative estimate of drug-likeness (QED) is 0.807. The molecule has 4 heteroatoms. The van der Waals surface area contributed by atoms with Crippen LogP contribution in [0.15, 0.2) is 23.8 Å². The molecular formula is C21H28O4. The number of allylic oxidation sites excluding steroid dienone is 4. The Kier molecular flexibility index (Phi) is 3.69. The number of carbonyl (C=O) groups excluding carboxylic acids is 2. The van der Waals surface area contributed by atoms with Gasteiger partial charge in [0.1, 0.15) is 12.2 Å². The summed E-state index contributed by atoms with van der Waals surface area (Å²) in [7, 11) is 0. The Hall–Kier alpha value is -1.26. The molecule has 0 saturated heterocycles. The third-order valence-electron chi connectivity index (χ3n) is 8.27. The number of rotatable bonds is 2. The largest absolute Gasteiger partial charge is 0.388 e. The fourth-order valence-electron chi connectivity index (χ4n) is 6.60. The molecule has 0 aromatic carbocycles. The highest BCUT2D eigenvalue weighted by molar-refractivity contribution is 5.92. The molecule has 2 saturated carbocycles. The van der Waals surface area contributed by atoms with E-state index in [2.05, 4.69) is 19.1 Å². The van der Waals surface area contributed by atoms with Gasteiger partial charge in [0.2, 0.25) is 0 Å². The van der Waals surface area contributed by atoms with Crippen molar-refractivity contribution >= 4 is 11.6 Å². The number of hydrogen-bond donors (Lipinski definition) is 2. The van der Waals surface area contributed by atoms with Gasteiger partial charge in [0.25, 0.3) is 0 Å². The van der Waals surface area contributed by atoms with Crippen molar-refractivity contribution in [2.24, 2.45) is 28.6 Å². The van der Waals surface area contributed by atoms with Crippen LogP contribution in [-0.2, 0) is 9.59 Å². The van der Waals surface area contributed by atoms with E-state index in [9.17, 15) is 19.8 Å². The SMILES string of the molecule is C[C@]12CCC(=O)C=C1C=C[C@@H]1[C@@H]2CC[C@@]2(C)[C@H]1CC[C@]2(O)C(=O)CO. The average Bonchev–Trinajstić information content (AvgIpc) is 2.87. The minimum absolute atomic E-state index is 0.0242. The van der Waals surface area contributed by atoms with Gasteiger partial charge in [-0.2, -0.15) is 0 Å². The number of aliphatic hydroxyl groups is 2. The maximum atomic E-state index is 12.3. The van der Waals surface area contributed by atoms with Gasteiger partial charge in [-0.05, 0) is 66.9 Å². The van der Waals surface area contributed by atoms with E-state index in [-0.39, 0.29) is 17.1 Å². The van der Waals surface area contributed by atoms with Gasteiger partial charge in [-0.1, -0.05) is 26.0 Å². The highest BCUT2D eigenvalue weighted by Gasteiger charge is 2.65. The number of Topliss-reactive ketones (excluding diaryl/α,β-unsaturated/α-hetero) is 1. The topological polar surface area (TPSA) is 74.6 Å². The smallest absolute Gasteiger partial charge is 0.190 e. The van der Waals surface area contributed by atoms with Gasteiger partial charge < -0.3 is 10.2 Å². The first-order valence-electron chi connectivity index (χ1n) is 9.56. The van der Waals surface area contributed by atoms with Gasteiger partial charge in [-0.3, -0.25) is 9.59 Å². The molecule has 2 N–H and O–H groups in total. The van der Waals surface area contributed by atoms with Crippen LogP contribution in [0.25, 0.3) is 0 Å². The maximum Gasteiger partial charge on any atom is 0.190 e. The molecule has 0 heterocycles. The fraction of sp³-hybridized carbons (Fsp3) is 0.714. The second kappa shape index (κ2) is 5.37. The Balaban J connectivity index is 1.73. The summed E-state index contributed by atoms with van der Waals surface area (Å²) in [5, 5.41) is 20.5. The molecule has 6 atom stereocenters. The molecule has 0 amide bonds. The predicted molar refractivity (Wildman–Crippen MR) is 93.7 cm³/mol. The lowest BCUT2D eigenvalue weighted by atomic mass is 9.48. The summed E-state index contributed by atoms with van der Waals surface area (Å²) < 4.78 is 0. The summed E-state index contributed by atoms with van der Waals surface area (Å²) in [6.45, 7) is 3.74. The summed E-state index contributed by atoms with van der Waals surface area (Å²) in [6, 6.07) is 0. The molecule has 0 aliphatic heterocycles. The molecule has 0 aromatic heterocycles. The Bertz CT molecular complexity index is 692. The third kappa shape index (κ3) is 2.07. The molecule has 0 radical (unpaired) electrons. The van der Waals surface area contributed by atoms with Gasteiger partial charge in [-0.15, -0.1) is 0 Å². The van der Waals surface area contributed by atoms with Gasteiger partial charge in [0.15, 0.2) is 11.6 Å². The van der Waals surface area contributed by atoms with Crippen LogP contribution in [0, 0.1) is 28.6 Å². The van der Waals surface area contributed by atoms with Crippen LogP contribution in [0.5, 0.6) is 0 Å². The van der Waals surface area contributed by atoms with Crippen molar-refractivity contribution in [3.8, 4) is 0 Å². The van der Waals surface area contributed by atoms with E-state index >= 15 is 0 Å². The summed E-state index contributed by atoms with van der Waals surface area (Å²) in [4.78, 5) is 24.2. The van der Waals surface area contributed by atoms with Crippen molar-refractivity contribution in [1.82, 2.24) is 0 Å². The molecule has 0 aromatic rings. The number of fused-ring (bicyclic) bond motifs is 5. The maximum absolute atomic E-state index is 12.3. The van der Waals surface area contributed by atoms with Crippen molar-refractivity contribution in [2.45, 2.75) is 58.0 Å². The summed E-state index contributed by atoms with van der Waals surface area (Å²) >= 11 is 0. The van der Waals surface area contributed by atoms with Crippen molar-refractivity contribution < 1.29 is 19.8 Å². The van der Waals surface area contributed by atoms with E-state index in [0.29, 0.717) is 24.7 Å². The molecule has 25 heavy (non-hydrogen) atoms. The van der Waals surface area contributed by atoms with Crippen molar-refractivity contribution in [2.75, 3.05) is 6.61 Å². The molecule has 136 valence electrons. The van der Waals surface area contributed by atoms with E-state index in [1.54, 1.807) is 0 Å². The van der Waals surface area contributed by atoms with E-state index < -0.39 is 23.4 Å². The summed E-state index contributed by atoms with van der Waals surface area (Å²) in [5.41, 5.74) is -0.685. The lowest BCUT2D eigenvalue weighted by Gasteiger charge is -2.56. The number of hydrogen-bond acceptors (Lipinski definition) is 4. The second-order valence-electron chi connectivity index (χ2n) is 9.07. The Morgan fingerprint density at radius 3 is 2.64 bits per heavy atom. The van der Waals surface area contributed by atoms with Gasteiger partial charge in [0.05, 0.1) is 0 Å². The van der Waals surface area contributed by atoms with Crippen LogP contribution in [0.4, 0.5) is 0 Å². The van der Waals surface area contributed by atoms with Crippen LogP contribution in [-0.4, -0.2) is 34.0 Å². The van der Waals surface area contributed by atoms with Crippen LogP contribution >= 0.6 is 0 Å². The zero-order chi connectivity index (χ0) is 18.0. The van der Waals surface area contributed by atoms with Gasteiger partial charge in [0, 0.05) is 11.8 Å². The Morgan fingerprint density at radius 2 is 1.92 bits per heavy atom.